The van der Waals surface area contributed by atoms with Gasteiger partial charge in [0.15, 0.2) is 5.65 Å². The molecule has 3 rings (SSSR count). The van der Waals surface area contributed by atoms with E-state index in [1.807, 2.05) is 14.0 Å². The third-order valence-electron chi connectivity index (χ3n) is 3.89. The van der Waals surface area contributed by atoms with Crippen LogP contribution in [0.2, 0.25) is 5.15 Å². The second-order valence-corrected chi connectivity index (χ2v) is 6.07. The highest BCUT2D eigenvalue weighted by Gasteiger charge is 2.27. The predicted molar refractivity (Wildman–Crippen MR) is 76.4 cm³/mol. The first-order chi connectivity index (χ1) is 9.44. The van der Waals surface area contributed by atoms with Crippen LogP contribution in [-0.4, -0.2) is 48.4 Å². The van der Waals surface area contributed by atoms with E-state index < -0.39 is 5.60 Å². The first-order valence-electron chi connectivity index (χ1n) is 6.73. The molecule has 7 heteroatoms. The molecule has 0 amide bonds. The smallest absolute Gasteiger partial charge is 0.162 e. The number of hydrogen-bond donors (Lipinski definition) is 1. The summed E-state index contributed by atoms with van der Waals surface area (Å²) in [6.07, 6.45) is 3.23. The van der Waals surface area contributed by atoms with Crippen LogP contribution in [0.25, 0.3) is 11.0 Å². The summed E-state index contributed by atoms with van der Waals surface area (Å²) in [7, 11) is 1.84. The van der Waals surface area contributed by atoms with Crippen molar-refractivity contribution in [1.29, 1.82) is 0 Å². The third kappa shape index (κ3) is 2.63. The quantitative estimate of drug-likeness (QED) is 0.848. The lowest BCUT2D eigenvalue weighted by Crippen LogP contribution is -2.42. The summed E-state index contributed by atoms with van der Waals surface area (Å²) in [5.41, 5.74) is 0.213. The molecule has 1 saturated heterocycles. The van der Waals surface area contributed by atoms with Crippen molar-refractivity contribution in [1.82, 2.24) is 24.6 Å². The van der Waals surface area contributed by atoms with Crippen LogP contribution in [0.3, 0.4) is 0 Å². The lowest BCUT2D eigenvalue weighted by Gasteiger charge is -2.35. The number of halogens is 1. The summed E-state index contributed by atoms with van der Waals surface area (Å²) in [5.74, 6) is 0.702. The molecule has 2 aromatic heterocycles. The summed E-state index contributed by atoms with van der Waals surface area (Å²) in [5, 5.41) is 15.3. The molecule has 1 N–H and O–H groups in total. The molecule has 1 fully saturated rings. The average molecular weight is 296 g/mol. The standard InChI is InChI=1S/C13H18ClN5O/c1-13(20)3-5-19(6-4-13)8-10-16-11(14)9-7-15-18(2)12(9)17-10/h7,20H,3-6,8H2,1-2H3. The SMILES string of the molecule is Cn1ncc2c(Cl)nc(CN3CCC(C)(O)CC3)nc21. The molecule has 1 aliphatic rings. The summed E-state index contributed by atoms with van der Waals surface area (Å²) in [6, 6.07) is 0. The van der Waals surface area contributed by atoms with Crippen LogP contribution in [0.15, 0.2) is 6.20 Å². The van der Waals surface area contributed by atoms with Gasteiger partial charge < -0.3 is 5.11 Å². The molecule has 6 nitrogen and oxygen atoms in total. The van der Waals surface area contributed by atoms with Crippen LogP contribution >= 0.6 is 11.6 Å². The van der Waals surface area contributed by atoms with Gasteiger partial charge in [-0.25, -0.2) is 9.97 Å². The van der Waals surface area contributed by atoms with Gasteiger partial charge in [-0.3, -0.25) is 9.58 Å². The van der Waals surface area contributed by atoms with Crippen molar-refractivity contribution in [2.75, 3.05) is 13.1 Å². The Kier molecular flexibility index (Phi) is 3.40. The van der Waals surface area contributed by atoms with E-state index in [0.29, 0.717) is 17.5 Å². The summed E-state index contributed by atoms with van der Waals surface area (Å²) < 4.78 is 1.70. The number of piperidine rings is 1. The van der Waals surface area contributed by atoms with Crippen molar-refractivity contribution in [3.63, 3.8) is 0 Å². The number of fused-ring (bicyclic) bond motifs is 1. The van der Waals surface area contributed by atoms with E-state index in [0.717, 1.165) is 37.0 Å². The lowest BCUT2D eigenvalue weighted by atomic mass is 9.94. The largest absolute Gasteiger partial charge is 0.390 e. The Morgan fingerprint density at radius 1 is 1.35 bits per heavy atom. The molecule has 0 unspecified atom stereocenters. The highest BCUT2D eigenvalue weighted by molar-refractivity contribution is 6.33. The van der Waals surface area contributed by atoms with Crippen molar-refractivity contribution in [3.8, 4) is 0 Å². The minimum Gasteiger partial charge on any atom is -0.390 e. The third-order valence-corrected chi connectivity index (χ3v) is 4.18. The topological polar surface area (TPSA) is 67.1 Å². The van der Waals surface area contributed by atoms with E-state index >= 15 is 0 Å². The maximum atomic E-state index is 9.96. The van der Waals surface area contributed by atoms with Crippen LogP contribution in [0, 0.1) is 0 Å². The normalized spacial score (nSPS) is 19.6. The number of hydrogen-bond acceptors (Lipinski definition) is 5. The van der Waals surface area contributed by atoms with E-state index in [1.54, 1.807) is 10.9 Å². The molecule has 1 aliphatic heterocycles. The Bertz CT molecular complexity index is 629. The summed E-state index contributed by atoms with van der Waals surface area (Å²) >= 11 is 6.18. The number of aliphatic hydroxyl groups is 1. The molecule has 3 heterocycles. The van der Waals surface area contributed by atoms with Gasteiger partial charge in [-0.15, -0.1) is 0 Å². The molecule has 0 spiro atoms. The molecule has 0 aliphatic carbocycles. The first kappa shape index (κ1) is 13.7. The molecule has 0 aromatic carbocycles. The van der Waals surface area contributed by atoms with E-state index in [2.05, 4.69) is 20.0 Å². The van der Waals surface area contributed by atoms with Gasteiger partial charge in [-0.05, 0) is 19.8 Å². The van der Waals surface area contributed by atoms with Gasteiger partial charge in [0.25, 0.3) is 0 Å². The van der Waals surface area contributed by atoms with E-state index in [1.165, 1.54) is 0 Å². The molecule has 0 radical (unpaired) electrons. The highest BCUT2D eigenvalue weighted by Crippen LogP contribution is 2.23. The fourth-order valence-electron chi connectivity index (χ4n) is 2.49. The fourth-order valence-corrected chi connectivity index (χ4v) is 2.72. The molecular weight excluding hydrogens is 278 g/mol. The van der Waals surface area contributed by atoms with Crippen molar-refractivity contribution in [3.05, 3.63) is 17.2 Å². The second kappa shape index (κ2) is 4.95. The monoisotopic (exact) mass is 295 g/mol. The number of likely N-dealkylation sites (tertiary alicyclic amines) is 1. The van der Waals surface area contributed by atoms with E-state index in [9.17, 15) is 5.11 Å². The van der Waals surface area contributed by atoms with Gasteiger partial charge in [0.05, 0.1) is 23.7 Å². The van der Waals surface area contributed by atoms with Gasteiger partial charge in [0, 0.05) is 20.1 Å². The van der Waals surface area contributed by atoms with Gasteiger partial charge in [0.2, 0.25) is 0 Å². The van der Waals surface area contributed by atoms with Crippen molar-refractivity contribution in [2.24, 2.45) is 7.05 Å². The summed E-state index contributed by atoms with van der Waals surface area (Å²) in [4.78, 5) is 11.1. The van der Waals surface area contributed by atoms with E-state index in [4.69, 9.17) is 11.6 Å². The zero-order valence-corrected chi connectivity index (χ0v) is 12.4. The van der Waals surface area contributed by atoms with Gasteiger partial charge in [-0.2, -0.15) is 5.10 Å². The first-order valence-corrected chi connectivity index (χ1v) is 7.11. The Hall–Kier alpha value is -1.24. The minimum absolute atomic E-state index is 0.446. The van der Waals surface area contributed by atoms with Crippen LogP contribution in [0.4, 0.5) is 0 Å². The molecule has 0 bridgehead atoms. The summed E-state index contributed by atoms with van der Waals surface area (Å²) in [6.45, 7) is 4.23. The number of aryl methyl sites for hydroxylation is 1. The zero-order chi connectivity index (χ0) is 14.3. The van der Waals surface area contributed by atoms with Crippen molar-refractivity contribution in [2.45, 2.75) is 31.9 Å². The maximum absolute atomic E-state index is 9.96. The number of aromatic nitrogens is 4. The minimum atomic E-state index is -0.541. The molecular formula is C13H18ClN5O. The molecule has 0 saturated carbocycles. The Morgan fingerprint density at radius 3 is 2.75 bits per heavy atom. The van der Waals surface area contributed by atoms with Crippen molar-refractivity contribution < 1.29 is 5.11 Å². The molecule has 20 heavy (non-hydrogen) atoms. The number of rotatable bonds is 2. The van der Waals surface area contributed by atoms with E-state index in [-0.39, 0.29) is 0 Å². The van der Waals surface area contributed by atoms with Gasteiger partial charge >= 0.3 is 0 Å². The Morgan fingerprint density at radius 2 is 2.05 bits per heavy atom. The molecule has 108 valence electrons. The van der Waals surface area contributed by atoms with Gasteiger partial charge in [0.1, 0.15) is 11.0 Å². The second-order valence-electron chi connectivity index (χ2n) is 5.71. The molecule has 0 atom stereocenters. The average Bonchev–Trinajstić information content (AvgIpc) is 2.75. The van der Waals surface area contributed by atoms with Crippen molar-refractivity contribution >= 4 is 22.6 Å². The lowest BCUT2D eigenvalue weighted by molar-refractivity contribution is -0.00786. The van der Waals surface area contributed by atoms with Crippen LogP contribution in [0.1, 0.15) is 25.6 Å². The zero-order valence-electron chi connectivity index (χ0n) is 11.7. The van der Waals surface area contributed by atoms with Gasteiger partial charge in [-0.1, -0.05) is 11.6 Å². The predicted octanol–water partition coefficient (Wildman–Crippen LogP) is 1.36. The van der Waals surface area contributed by atoms with Crippen LogP contribution < -0.4 is 0 Å². The van der Waals surface area contributed by atoms with Crippen LogP contribution in [0.5, 0.6) is 0 Å². The fraction of sp³-hybridized carbons (Fsp3) is 0.615. The Labute approximate surface area is 122 Å². The highest BCUT2D eigenvalue weighted by atomic mass is 35.5. The Balaban J connectivity index is 1.79. The number of nitrogens with zero attached hydrogens (tertiary/aromatic N) is 5. The molecule has 2 aromatic rings. The van der Waals surface area contributed by atoms with Crippen LogP contribution in [-0.2, 0) is 13.6 Å². The maximum Gasteiger partial charge on any atom is 0.162 e.